The number of aliphatic hydroxyl groups excluding tert-OH is 2. The molecule has 4 atom stereocenters. The average Bonchev–Trinajstić information content (AvgIpc) is 3.46. The second-order valence-corrected chi connectivity index (χ2v) is 11.5. The van der Waals surface area contributed by atoms with E-state index in [-0.39, 0.29) is 36.3 Å². The molecule has 0 bridgehead atoms. The van der Waals surface area contributed by atoms with E-state index in [2.05, 4.69) is 5.32 Å². The molecule has 2 aromatic rings. The lowest BCUT2D eigenvalue weighted by Crippen LogP contribution is -2.63. The number of rotatable bonds is 7. The number of aliphatic hydroxyl groups is 3. The average molecular weight is 578 g/mol. The Morgan fingerprint density at radius 3 is 2.57 bits per heavy atom. The zero-order valence-electron chi connectivity index (χ0n) is 23.9. The van der Waals surface area contributed by atoms with E-state index < -0.39 is 58.0 Å². The third-order valence-electron chi connectivity index (χ3n) is 8.85. The maximum Gasteiger partial charge on any atom is 0.255 e. The van der Waals surface area contributed by atoms with Crippen LogP contribution in [0.15, 0.2) is 63.4 Å². The first kappa shape index (κ1) is 29.3. The van der Waals surface area contributed by atoms with Crippen molar-refractivity contribution in [1.29, 1.82) is 0 Å². The number of hydrogen-bond donors (Lipinski definition) is 6. The number of nitrogens with zero attached hydrogens (tertiary/aromatic N) is 1. The summed E-state index contributed by atoms with van der Waals surface area (Å²) in [4.78, 5) is 41.4. The highest BCUT2D eigenvalue weighted by Crippen LogP contribution is 2.53. The summed E-state index contributed by atoms with van der Waals surface area (Å²) in [5.74, 6) is -6.77. The maximum atomic E-state index is 14.2. The normalized spacial score (nSPS) is 26.0. The molecule has 0 radical (unpaired) electrons. The predicted molar refractivity (Wildman–Crippen MR) is 153 cm³/mol. The van der Waals surface area contributed by atoms with E-state index in [9.17, 15) is 34.8 Å². The van der Waals surface area contributed by atoms with E-state index in [4.69, 9.17) is 10.2 Å². The van der Waals surface area contributed by atoms with Crippen LogP contribution in [0, 0.1) is 11.8 Å². The lowest BCUT2D eigenvalue weighted by Gasteiger charge is -2.50. The maximum absolute atomic E-state index is 14.2. The van der Waals surface area contributed by atoms with Crippen molar-refractivity contribution < 1.29 is 39.2 Å². The number of likely N-dealkylation sites (N-methyl/N-ethyl adjacent to an activating group) is 1. The van der Waals surface area contributed by atoms with E-state index in [1.807, 2.05) is 19.9 Å². The Kier molecular flexibility index (Phi) is 7.38. The van der Waals surface area contributed by atoms with Gasteiger partial charge in [0.2, 0.25) is 5.78 Å². The minimum atomic E-state index is -2.68. The van der Waals surface area contributed by atoms with Gasteiger partial charge in [0.05, 0.1) is 24.1 Å². The SMILES string of the molecule is C/C=C(/C)CNCc1cc(-c2ccoc2)c2c(c1O)C(=O)C1=C(O)[C@]3(O)C(=O)C(C(N)=O)=C(O)[C@@H](N(C)C)[C@@H]3C[C@@H]1C2. The third kappa shape index (κ3) is 4.27. The van der Waals surface area contributed by atoms with Crippen molar-refractivity contribution in [2.45, 2.75) is 44.9 Å². The lowest BCUT2D eigenvalue weighted by atomic mass is 9.58. The first-order chi connectivity index (χ1) is 19.8. The molecule has 11 heteroatoms. The fourth-order valence-corrected chi connectivity index (χ4v) is 6.68. The number of fused-ring (bicyclic) bond motifs is 3. The smallest absolute Gasteiger partial charge is 0.255 e. The van der Waals surface area contributed by atoms with Crippen LogP contribution in [-0.4, -0.2) is 75.1 Å². The summed E-state index contributed by atoms with van der Waals surface area (Å²) in [7, 11) is 3.19. The van der Waals surface area contributed by atoms with Crippen LogP contribution < -0.4 is 11.1 Å². The molecule has 0 aliphatic heterocycles. The molecule has 0 fully saturated rings. The standard InChI is InChI=1S/C31H35N3O8/c1-5-14(2)11-33-12-17-9-18(15-6-7-42-13-15)19-8-16-10-20-24(34(3)4)27(37)23(30(32)40)29(39)31(20,41)28(38)21(16)26(36)22(19)25(17)35/h5-7,9,13,16,20,24,33,35,37-38,41H,8,10-12H2,1-4H3,(H2,32,40)/b14-5-/t16-,20-,24-,31-/m0/s1. The van der Waals surface area contributed by atoms with Crippen molar-refractivity contribution in [2.75, 3.05) is 20.6 Å². The van der Waals surface area contributed by atoms with Crippen molar-refractivity contribution in [1.82, 2.24) is 10.2 Å². The van der Waals surface area contributed by atoms with Crippen LogP contribution in [0.1, 0.15) is 41.8 Å². The minimum absolute atomic E-state index is 0.0171. The summed E-state index contributed by atoms with van der Waals surface area (Å²) >= 11 is 0. The number of Topliss-reactive ketones (excluding diaryl/α,β-unsaturated/α-hetero) is 2. The van der Waals surface area contributed by atoms with Crippen LogP contribution in [0.25, 0.3) is 11.1 Å². The predicted octanol–water partition coefficient (Wildman–Crippen LogP) is 2.44. The van der Waals surface area contributed by atoms with Gasteiger partial charge in [0.25, 0.3) is 5.91 Å². The van der Waals surface area contributed by atoms with Crippen LogP contribution in [-0.2, 0) is 22.6 Å². The summed E-state index contributed by atoms with van der Waals surface area (Å²) in [6.45, 7) is 4.67. The number of aromatic hydroxyl groups is 1. The number of benzene rings is 1. The molecule has 0 unspecified atom stereocenters. The number of phenolic OH excluding ortho intramolecular Hbond substituents is 1. The van der Waals surface area contributed by atoms with Gasteiger partial charge in [0, 0.05) is 35.7 Å². The van der Waals surface area contributed by atoms with Crippen LogP contribution >= 0.6 is 0 Å². The topological polar surface area (TPSA) is 187 Å². The number of primary amides is 1. The van der Waals surface area contributed by atoms with Gasteiger partial charge in [-0.2, -0.15) is 0 Å². The first-order valence-corrected chi connectivity index (χ1v) is 13.7. The van der Waals surface area contributed by atoms with Gasteiger partial charge >= 0.3 is 0 Å². The number of carbonyl (C=O) groups excluding carboxylic acids is 3. The molecule has 11 nitrogen and oxygen atoms in total. The van der Waals surface area contributed by atoms with Crippen molar-refractivity contribution in [3.05, 3.63) is 75.7 Å². The number of nitrogens with two attached hydrogens (primary N) is 1. The monoisotopic (exact) mass is 577 g/mol. The Hall–Kier alpha value is -4.19. The molecule has 3 aliphatic carbocycles. The molecular formula is C31H35N3O8. The zero-order valence-corrected chi connectivity index (χ0v) is 23.9. The summed E-state index contributed by atoms with van der Waals surface area (Å²) in [5, 5.41) is 49.0. The van der Waals surface area contributed by atoms with Crippen LogP contribution in [0.2, 0.25) is 0 Å². The number of allylic oxidation sites excluding steroid dienone is 2. The van der Waals surface area contributed by atoms with E-state index in [1.54, 1.807) is 26.2 Å². The Morgan fingerprint density at radius 1 is 1.26 bits per heavy atom. The minimum Gasteiger partial charge on any atom is -0.510 e. The van der Waals surface area contributed by atoms with Crippen LogP contribution in [0.4, 0.5) is 0 Å². The molecule has 42 heavy (non-hydrogen) atoms. The highest BCUT2D eigenvalue weighted by molar-refractivity contribution is 6.25. The fraction of sp³-hybridized carbons (Fsp3) is 0.387. The molecule has 1 aromatic carbocycles. The quantitative estimate of drug-likeness (QED) is 0.211. The number of hydrogen-bond acceptors (Lipinski definition) is 10. The summed E-state index contributed by atoms with van der Waals surface area (Å²) in [6.07, 6.45) is 5.21. The number of furan rings is 1. The third-order valence-corrected chi connectivity index (χ3v) is 8.85. The highest BCUT2D eigenvalue weighted by atomic mass is 16.3. The zero-order chi connectivity index (χ0) is 30.7. The Labute approximate surface area is 242 Å². The second kappa shape index (κ2) is 10.6. The van der Waals surface area contributed by atoms with E-state index in [0.717, 1.165) is 5.57 Å². The molecule has 0 saturated carbocycles. The largest absolute Gasteiger partial charge is 0.510 e. The summed E-state index contributed by atoms with van der Waals surface area (Å²) in [6, 6.07) is 2.50. The number of nitrogens with one attached hydrogen (secondary N) is 1. The van der Waals surface area contributed by atoms with Gasteiger partial charge in [-0.05, 0) is 70.0 Å². The van der Waals surface area contributed by atoms with Gasteiger partial charge in [-0.3, -0.25) is 19.3 Å². The summed E-state index contributed by atoms with van der Waals surface area (Å²) < 4.78 is 5.32. The fourth-order valence-electron chi connectivity index (χ4n) is 6.68. The molecular weight excluding hydrogens is 542 g/mol. The molecule has 7 N–H and O–H groups in total. The van der Waals surface area contributed by atoms with E-state index in [1.165, 1.54) is 17.4 Å². The first-order valence-electron chi connectivity index (χ1n) is 13.7. The number of phenols is 1. The molecule has 1 heterocycles. The van der Waals surface area contributed by atoms with Crippen molar-refractivity contribution >= 4 is 17.5 Å². The number of amides is 1. The van der Waals surface area contributed by atoms with Gasteiger partial charge in [-0.15, -0.1) is 0 Å². The molecule has 0 saturated heterocycles. The number of carbonyl (C=O) groups is 3. The van der Waals surface area contributed by atoms with Crippen LogP contribution in [0.3, 0.4) is 0 Å². The van der Waals surface area contributed by atoms with Gasteiger partial charge in [-0.25, -0.2) is 0 Å². The van der Waals surface area contributed by atoms with Crippen molar-refractivity contribution in [3.63, 3.8) is 0 Å². The molecule has 1 amide bonds. The van der Waals surface area contributed by atoms with E-state index in [0.29, 0.717) is 28.8 Å². The Balaban J connectivity index is 1.69. The van der Waals surface area contributed by atoms with Gasteiger partial charge in [0.1, 0.15) is 22.8 Å². The second-order valence-electron chi connectivity index (χ2n) is 11.5. The Bertz CT molecular complexity index is 1580. The van der Waals surface area contributed by atoms with Gasteiger partial charge in [-0.1, -0.05) is 11.6 Å². The summed E-state index contributed by atoms with van der Waals surface area (Å²) in [5.41, 5.74) is 5.10. The number of ketones is 2. The van der Waals surface area contributed by atoms with Crippen molar-refractivity contribution in [3.8, 4) is 16.9 Å². The highest BCUT2D eigenvalue weighted by Gasteiger charge is 2.63. The Morgan fingerprint density at radius 2 is 1.98 bits per heavy atom. The molecule has 5 rings (SSSR count). The van der Waals surface area contributed by atoms with Gasteiger partial charge in [0.15, 0.2) is 11.4 Å². The van der Waals surface area contributed by atoms with E-state index >= 15 is 0 Å². The molecule has 3 aliphatic rings. The van der Waals surface area contributed by atoms with Crippen LogP contribution in [0.5, 0.6) is 5.75 Å². The van der Waals surface area contributed by atoms with Gasteiger partial charge < -0.3 is 35.9 Å². The molecule has 0 spiro atoms. The van der Waals surface area contributed by atoms with Crippen molar-refractivity contribution in [2.24, 2.45) is 17.6 Å². The lowest BCUT2D eigenvalue weighted by molar-refractivity contribution is -0.148. The molecule has 222 valence electrons. The molecule has 1 aromatic heterocycles.